The van der Waals surface area contributed by atoms with E-state index in [0.717, 1.165) is 95.4 Å². The lowest BCUT2D eigenvalue weighted by Gasteiger charge is -2.36. The second-order valence-electron chi connectivity index (χ2n) is 17.8. The third-order valence-electron chi connectivity index (χ3n) is 13.6. The number of nitrogens with zero attached hydrogens (tertiary/aromatic N) is 2. The van der Waals surface area contributed by atoms with E-state index in [9.17, 15) is 0 Å². The van der Waals surface area contributed by atoms with Crippen molar-refractivity contribution in [2.24, 2.45) is 0 Å². The molecule has 0 aliphatic carbocycles. The smallest absolute Gasteiger partial charge is 0.260 e. The maximum Gasteiger partial charge on any atom is 0.260 e. The molecule has 0 saturated carbocycles. The van der Waals surface area contributed by atoms with Crippen LogP contribution >= 0.6 is 0 Å². The summed E-state index contributed by atoms with van der Waals surface area (Å²) in [7, 11) is 0. The van der Waals surface area contributed by atoms with Crippen molar-refractivity contribution in [2.45, 2.75) is 13.8 Å². The van der Waals surface area contributed by atoms with Gasteiger partial charge in [0.25, 0.3) is 6.71 Å². The minimum atomic E-state index is -0.207. The van der Waals surface area contributed by atoms with Crippen LogP contribution in [0.4, 0.5) is 17.1 Å². The summed E-state index contributed by atoms with van der Waals surface area (Å²) in [4.78, 5) is 2.32. The normalized spacial score (nSPS) is 12.2. The zero-order chi connectivity index (χ0) is 44.6. The molecule has 10 aromatic carbocycles. The number of aromatic nitrogens is 1. The van der Waals surface area contributed by atoms with Crippen LogP contribution in [0.15, 0.2) is 224 Å². The van der Waals surface area contributed by atoms with Crippen LogP contribution in [0.5, 0.6) is 23.0 Å². The van der Waals surface area contributed by atoms with Gasteiger partial charge in [0.15, 0.2) is 0 Å². The Morgan fingerprint density at radius 2 is 0.896 bits per heavy atom. The molecular weight excluding hydrogens is 816 g/mol. The third-order valence-corrected chi connectivity index (χ3v) is 13.6. The van der Waals surface area contributed by atoms with E-state index in [-0.39, 0.29) is 6.71 Å². The fourth-order valence-electron chi connectivity index (χ4n) is 10.4. The summed E-state index contributed by atoms with van der Waals surface area (Å²) in [6.45, 7) is 4.06. The van der Waals surface area contributed by atoms with Gasteiger partial charge in [0.2, 0.25) is 0 Å². The quantitative estimate of drug-likeness (QED) is 0.149. The Bertz CT molecular complexity index is 3640. The third kappa shape index (κ3) is 6.46. The monoisotopic (exact) mass is 858 g/mol. The largest absolute Gasteiger partial charge is 0.458 e. The molecule has 4 nitrogen and oxygen atoms in total. The summed E-state index contributed by atoms with van der Waals surface area (Å²) < 4.78 is 17.2. The Kier molecular flexibility index (Phi) is 9.04. The number of aryl methyl sites for hydroxylation is 2. The van der Waals surface area contributed by atoms with Gasteiger partial charge in [-0.15, -0.1) is 0 Å². The van der Waals surface area contributed by atoms with E-state index in [0.29, 0.717) is 0 Å². The molecule has 0 bridgehead atoms. The van der Waals surface area contributed by atoms with Crippen molar-refractivity contribution in [1.82, 2.24) is 4.57 Å². The van der Waals surface area contributed by atoms with Gasteiger partial charge in [0.05, 0.1) is 11.0 Å². The molecule has 2 aliphatic rings. The lowest BCUT2D eigenvalue weighted by atomic mass is 9.34. The molecule has 0 atom stereocenters. The maximum atomic E-state index is 7.40. The van der Waals surface area contributed by atoms with Crippen LogP contribution in [0.25, 0.3) is 60.9 Å². The second kappa shape index (κ2) is 15.6. The summed E-state index contributed by atoms with van der Waals surface area (Å²) in [5.74, 6) is 3.29. The van der Waals surface area contributed by atoms with Crippen LogP contribution in [0, 0.1) is 13.8 Å². The topological polar surface area (TPSA) is 26.6 Å². The SMILES string of the molecule is Cc1ccc(N(c2ccc(C)cc2)c2ccc3c(c2)Oc2c(-c4ccccc4)cc(-c4ccccc4)c4c2B3c2cc3c5cc(-c6ccccc6)ccc5n(-c5ccccc5)c3cc2O4)cc1. The molecule has 0 fully saturated rings. The first-order valence-corrected chi connectivity index (χ1v) is 23.0. The molecule has 0 amide bonds. The van der Waals surface area contributed by atoms with Crippen LogP contribution in [-0.2, 0) is 0 Å². The Balaban J connectivity index is 1.10. The predicted molar refractivity (Wildman–Crippen MR) is 279 cm³/mol. The maximum absolute atomic E-state index is 7.40. The molecule has 5 heteroatoms. The van der Waals surface area contributed by atoms with Gasteiger partial charge < -0.3 is 18.9 Å². The zero-order valence-corrected chi connectivity index (χ0v) is 37.2. The van der Waals surface area contributed by atoms with Gasteiger partial charge >= 0.3 is 0 Å². The fourth-order valence-corrected chi connectivity index (χ4v) is 10.4. The molecule has 0 spiro atoms. The number of benzene rings is 10. The standard InChI is InChI=1S/C62H43BN2O2/c1-40-23-28-47(29-24-40)64(48-30-25-41(2)26-31-48)49-32-33-54-58(36-49)66-61-50(43-17-9-4-10-18-43)37-51(44-19-11-5-12-20-44)62-60(61)63(54)55-38-53-52-35-45(42-15-7-3-8-16-42)27-34-56(52)65(46-21-13-6-14-22-46)57(53)39-59(55)67-62/h3-39H,1-2H3. The van der Waals surface area contributed by atoms with Crippen LogP contribution in [0.3, 0.4) is 0 Å². The average molecular weight is 859 g/mol. The van der Waals surface area contributed by atoms with Gasteiger partial charge in [-0.2, -0.15) is 0 Å². The van der Waals surface area contributed by atoms with Crippen molar-refractivity contribution in [3.8, 4) is 62.1 Å². The number of hydrogen-bond acceptors (Lipinski definition) is 3. The Hall–Kier alpha value is -8.54. The van der Waals surface area contributed by atoms with Gasteiger partial charge in [-0.3, -0.25) is 0 Å². The van der Waals surface area contributed by atoms with Crippen LogP contribution in [0.1, 0.15) is 11.1 Å². The summed E-state index contributed by atoms with van der Waals surface area (Å²) in [5, 5.41) is 2.35. The van der Waals surface area contributed by atoms with Gasteiger partial charge in [-0.05, 0) is 108 Å². The number of ether oxygens (including phenoxy) is 2. The van der Waals surface area contributed by atoms with Crippen molar-refractivity contribution in [1.29, 1.82) is 0 Å². The van der Waals surface area contributed by atoms with E-state index in [4.69, 9.17) is 9.47 Å². The Labute approximate surface area is 390 Å². The molecule has 3 heterocycles. The van der Waals surface area contributed by atoms with Gasteiger partial charge in [-0.25, -0.2) is 0 Å². The van der Waals surface area contributed by atoms with E-state index in [2.05, 4.69) is 248 Å². The summed E-state index contributed by atoms with van der Waals surface area (Å²) in [6, 6.07) is 80.7. The molecule has 0 unspecified atom stereocenters. The highest BCUT2D eigenvalue weighted by atomic mass is 16.5. The van der Waals surface area contributed by atoms with Crippen molar-refractivity contribution in [3.05, 3.63) is 236 Å². The lowest BCUT2D eigenvalue weighted by molar-refractivity contribution is 0.467. The van der Waals surface area contributed by atoms with E-state index >= 15 is 0 Å². The fraction of sp³-hybridized carbons (Fsp3) is 0.0323. The summed E-state index contributed by atoms with van der Waals surface area (Å²) >= 11 is 0. The predicted octanol–water partition coefficient (Wildman–Crippen LogP) is 14.6. The number of hydrogen-bond donors (Lipinski definition) is 0. The Morgan fingerprint density at radius 3 is 1.48 bits per heavy atom. The second-order valence-corrected chi connectivity index (χ2v) is 17.8. The van der Waals surface area contributed by atoms with Crippen LogP contribution < -0.4 is 30.8 Å². The van der Waals surface area contributed by atoms with Crippen molar-refractivity contribution in [2.75, 3.05) is 4.90 Å². The Morgan fingerprint density at radius 1 is 0.388 bits per heavy atom. The first kappa shape index (κ1) is 38.9. The highest BCUT2D eigenvalue weighted by molar-refractivity contribution is 6.98. The van der Waals surface area contributed by atoms with E-state index in [1.165, 1.54) is 33.0 Å². The minimum absolute atomic E-state index is 0.207. The highest BCUT2D eigenvalue weighted by Crippen LogP contribution is 2.48. The molecule has 13 rings (SSSR count). The molecular formula is C62H43BN2O2. The summed E-state index contributed by atoms with van der Waals surface area (Å²) in [6.07, 6.45) is 0. The average Bonchev–Trinajstić information content (AvgIpc) is 3.70. The first-order valence-electron chi connectivity index (χ1n) is 23.0. The first-order chi connectivity index (χ1) is 33.0. The number of anilines is 3. The van der Waals surface area contributed by atoms with Crippen molar-refractivity contribution < 1.29 is 9.47 Å². The zero-order valence-electron chi connectivity index (χ0n) is 37.2. The van der Waals surface area contributed by atoms with E-state index in [1.54, 1.807) is 0 Å². The number of fused-ring (bicyclic) bond motifs is 7. The van der Waals surface area contributed by atoms with Gasteiger partial charge in [0.1, 0.15) is 23.0 Å². The van der Waals surface area contributed by atoms with Crippen LogP contribution in [-0.4, -0.2) is 11.3 Å². The van der Waals surface area contributed by atoms with Gasteiger partial charge in [-0.1, -0.05) is 163 Å². The van der Waals surface area contributed by atoms with E-state index in [1.807, 2.05) is 0 Å². The molecule has 2 aliphatic heterocycles. The lowest BCUT2D eigenvalue weighted by Crippen LogP contribution is -2.57. The van der Waals surface area contributed by atoms with Crippen molar-refractivity contribution in [3.63, 3.8) is 0 Å². The molecule has 316 valence electrons. The molecule has 11 aromatic rings. The van der Waals surface area contributed by atoms with Crippen molar-refractivity contribution >= 4 is 62.0 Å². The molecule has 0 radical (unpaired) electrons. The summed E-state index contributed by atoms with van der Waals surface area (Å²) in [5.41, 5.74) is 18.7. The number of rotatable bonds is 7. The molecule has 0 N–H and O–H groups in total. The van der Waals surface area contributed by atoms with Gasteiger partial charge in [0, 0.05) is 62.2 Å². The van der Waals surface area contributed by atoms with E-state index < -0.39 is 0 Å². The molecule has 67 heavy (non-hydrogen) atoms. The highest BCUT2D eigenvalue weighted by Gasteiger charge is 2.43. The molecule has 1 aromatic heterocycles. The number of para-hydroxylation sites is 1. The molecule has 0 saturated heterocycles. The minimum Gasteiger partial charge on any atom is -0.458 e. The van der Waals surface area contributed by atoms with Crippen LogP contribution in [0.2, 0.25) is 0 Å².